The molecule has 0 atom stereocenters. The zero-order valence-corrected chi connectivity index (χ0v) is 12.3. The van der Waals surface area contributed by atoms with Crippen molar-refractivity contribution in [3.63, 3.8) is 0 Å². The highest BCUT2D eigenvalue weighted by Crippen LogP contribution is 2.22. The number of nitrogens with one attached hydrogen (secondary N) is 2. The van der Waals surface area contributed by atoms with Crippen LogP contribution in [-0.4, -0.2) is 26.8 Å². The van der Waals surface area contributed by atoms with Crippen LogP contribution in [0, 0.1) is 0 Å². The van der Waals surface area contributed by atoms with Gasteiger partial charge in [0, 0.05) is 6.54 Å². The van der Waals surface area contributed by atoms with E-state index in [-0.39, 0.29) is 18.1 Å². The Bertz CT molecular complexity index is 549. The van der Waals surface area contributed by atoms with Gasteiger partial charge in [-0.05, 0) is 19.3 Å². The minimum Gasteiger partial charge on any atom is -0.394 e. The zero-order valence-electron chi connectivity index (χ0n) is 12.3. The molecule has 0 unspecified atom stereocenters. The van der Waals surface area contributed by atoms with Crippen LogP contribution in [0.4, 0.5) is 11.5 Å². The molecule has 0 fully saturated rings. The third-order valence-corrected chi connectivity index (χ3v) is 3.73. The summed E-state index contributed by atoms with van der Waals surface area (Å²) in [5.41, 5.74) is 4.41. The number of aliphatic hydroxyl groups is 1. The van der Waals surface area contributed by atoms with Crippen LogP contribution in [0.2, 0.25) is 0 Å². The van der Waals surface area contributed by atoms with Crippen molar-refractivity contribution in [3.05, 3.63) is 20.8 Å². The van der Waals surface area contributed by atoms with E-state index < -0.39 is 16.8 Å². The Kier molecular flexibility index (Phi) is 5.38. The first-order valence-corrected chi connectivity index (χ1v) is 6.96. The number of nitrogens with zero attached hydrogens (tertiary/aromatic N) is 1. The third kappa shape index (κ3) is 3.04. The molecule has 0 aromatic carbocycles. The number of hydrogen-bond donors (Lipinski definition) is 4. The SMILES string of the molecule is CCCn1c(N)c(NC(CC)(CC)CO)c(=O)[nH]c1=O. The molecule has 0 aliphatic carbocycles. The fourth-order valence-electron chi connectivity index (χ4n) is 2.11. The molecule has 7 heteroatoms. The minimum absolute atomic E-state index is 0.111. The number of aliphatic hydroxyl groups excluding tert-OH is 1. The van der Waals surface area contributed by atoms with Gasteiger partial charge < -0.3 is 16.2 Å². The van der Waals surface area contributed by atoms with E-state index in [0.717, 1.165) is 6.42 Å². The van der Waals surface area contributed by atoms with Crippen molar-refractivity contribution >= 4 is 11.5 Å². The van der Waals surface area contributed by atoms with Crippen molar-refractivity contribution < 1.29 is 5.11 Å². The Morgan fingerprint density at radius 3 is 2.35 bits per heavy atom. The lowest BCUT2D eigenvalue weighted by Gasteiger charge is -2.32. The molecule has 0 saturated heterocycles. The maximum Gasteiger partial charge on any atom is 0.330 e. The highest BCUT2D eigenvalue weighted by molar-refractivity contribution is 5.61. The quantitative estimate of drug-likeness (QED) is 0.582. The van der Waals surface area contributed by atoms with Crippen molar-refractivity contribution in [3.8, 4) is 0 Å². The summed E-state index contributed by atoms with van der Waals surface area (Å²) in [7, 11) is 0. The van der Waals surface area contributed by atoms with Gasteiger partial charge in [0.15, 0.2) is 0 Å². The first-order valence-electron chi connectivity index (χ1n) is 6.96. The highest BCUT2D eigenvalue weighted by Gasteiger charge is 2.27. The van der Waals surface area contributed by atoms with E-state index in [1.165, 1.54) is 4.57 Å². The van der Waals surface area contributed by atoms with E-state index in [2.05, 4.69) is 10.3 Å². The van der Waals surface area contributed by atoms with Crippen LogP contribution in [0.5, 0.6) is 0 Å². The largest absolute Gasteiger partial charge is 0.394 e. The van der Waals surface area contributed by atoms with Crippen LogP contribution in [0.1, 0.15) is 40.0 Å². The molecule has 0 spiro atoms. The Balaban J connectivity index is 3.35. The van der Waals surface area contributed by atoms with Gasteiger partial charge in [-0.15, -0.1) is 0 Å². The summed E-state index contributed by atoms with van der Waals surface area (Å²) >= 11 is 0. The van der Waals surface area contributed by atoms with E-state index >= 15 is 0 Å². The van der Waals surface area contributed by atoms with Gasteiger partial charge in [-0.3, -0.25) is 14.3 Å². The normalized spacial score (nSPS) is 11.6. The molecule has 5 N–H and O–H groups in total. The Hall–Kier alpha value is -1.76. The number of nitrogen functional groups attached to an aromatic ring is 1. The average molecular weight is 284 g/mol. The van der Waals surface area contributed by atoms with Crippen LogP contribution in [-0.2, 0) is 6.54 Å². The summed E-state index contributed by atoms with van der Waals surface area (Å²) in [5, 5.41) is 12.6. The highest BCUT2D eigenvalue weighted by atomic mass is 16.3. The molecule has 114 valence electrons. The van der Waals surface area contributed by atoms with Crippen LogP contribution in [0.25, 0.3) is 0 Å². The zero-order chi connectivity index (χ0) is 15.3. The summed E-state index contributed by atoms with van der Waals surface area (Å²) in [6, 6.07) is 0. The Morgan fingerprint density at radius 2 is 1.90 bits per heavy atom. The number of aromatic amines is 1. The number of H-pyrrole nitrogens is 1. The van der Waals surface area contributed by atoms with Crippen molar-refractivity contribution in [2.24, 2.45) is 0 Å². The monoisotopic (exact) mass is 284 g/mol. The van der Waals surface area contributed by atoms with Crippen LogP contribution < -0.4 is 22.3 Å². The summed E-state index contributed by atoms with van der Waals surface area (Å²) in [6.45, 7) is 6.06. The fraction of sp³-hybridized carbons (Fsp3) is 0.692. The third-order valence-electron chi connectivity index (χ3n) is 3.73. The van der Waals surface area contributed by atoms with E-state index in [0.29, 0.717) is 19.4 Å². The topological polar surface area (TPSA) is 113 Å². The van der Waals surface area contributed by atoms with Crippen LogP contribution >= 0.6 is 0 Å². The number of nitrogens with two attached hydrogens (primary N) is 1. The lowest BCUT2D eigenvalue weighted by atomic mass is 9.93. The molecule has 0 bridgehead atoms. The van der Waals surface area contributed by atoms with Gasteiger partial charge in [-0.25, -0.2) is 4.79 Å². The van der Waals surface area contributed by atoms with Gasteiger partial charge >= 0.3 is 5.69 Å². The lowest BCUT2D eigenvalue weighted by molar-refractivity contribution is 0.202. The van der Waals surface area contributed by atoms with Gasteiger partial charge in [0.1, 0.15) is 11.5 Å². The van der Waals surface area contributed by atoms with Gasteiger partial charge in [-0.2, -0.15) is 0 Å². The first-order chi connectivity index (χ1) is 9.44. The number of rotatable bonds is 7. The predicted octanol–water partition coefficient (Wildman–Crippen LogP) is 0.492. The molecule has 0 aliphatic heterocycles. The molecule has 0 aliphatic rings. The van der Waals surface area contributed by atoms with E-state index in [1.54, 1.807) is 0 Å². The molecular weight excluding hydrogens is 260 g/mol. The molecule has 1 aromatic rings. The first kappa shape index (κ1) is 16.3. The summed E-state index contributed by atoms with van der Waals surface area (Å²) in [4.78, 5) is 25.9. The maximum absolute atomic E-state index is 11.9. The van der Waals surface area contributed by atoms with Crippen molar-refractivity contribution in [1.29, 1.82) is 0 Å². The Labute approximate surface area is 117 Å². The molecule has 1 aromatic heterocycles. The molecule has 20 heavy (non-hydrogen) atoms. The minimum atomic E-state index is -0.616. The smallest absolute Gasteiger partial charge is 0.330 e. The molecule has 0 amide bonds. The molecule has 0 radical (unpaired) electrons. The van der Waals surface area contributed by atoms with Gasteiger partial charge in [0.25, 0.3) is 5.56 Å². The van der Waals surface area contributed by atoms with Gasteiger partial charge in [0.2, 0.25) is 0 Å². The summed E-state index contributed by atoms with van der Waals surface area (Å²) < 4.78 is 1.33. The number of hydrogen-bond acceptors (Lipinski definition) is 5. The number of anilines is 2. The maximum atomic E-state index is 11.9. The molecule has 1 rings (SSSR count). The number of aromatic nitrogens is 2. The molecule has 7 nitrogen and oxygen atoms in total. The second kappa shape index (κ2) is 6.60. The van der Waals surface area contributed by atoms with E-state index in [9.17, 15) is 14.7 Å². The van der Waals surface area contributed by atoms with Gasteiger partial charge in [0.05, 0.1) is 12.1 Å². The summed E-state index contributed by atoms with van der Waals surface area (Å²) in [6.07, 6.45) is 1.99. The van der Waals surface area contributed by atoms with E-state index in [1.807, 2.05) is 20.8 Å². The van der Waals surface area contributed by atoms with Crippen molar-refractivity contribution in [2.75, 3.05) is 17.7 Å². The Morgan fingerprint density at radius 1 is 1.30 bits per heavy atom. The second-order valence-electron chi connectivity index (χ2n) is 4.94. The molecule has 1 heterocycles. The summed E-state index contributed by atoms with van der Waals surface area (Å²) in [5.74, 6) is 0.111. The average Bonchev–Trinajstić information content (AvgIpc) is 2.44. The fourth-order valence-corrected chi connectivity index (χ4v) is 2.11. The van der Waals surface area contributed by atoms with Gasteiger partial charge in [-0.1, -0.05) is 20.8 Å². The second-order valence-corrected chi connectivity index (χ2v) is 4.94. The lowest BCUT2D eigenvalue weighted by Crippen LogP contribution is -2.44. The standard InChI is InChI=1S/C13H24N4O3/c1-4-7-17-10(14)9(11(19)15-12(17)20)16-13(5-2,6-3)8-18/h16,18H,4-8,14H2,1-3H3,(H,15,19,20). The van der Waals surface area contributed by atoms with E-state index in [4.69, 9.17) is 5.73 Å². The van der Waals surface area contributed by atoms with Crippen molar-refractivity contribution in [1.82, 2.24) is 9.55 Å². The molecule has 0 saturated carbocycles. The van der Waals surface area contributed by atoms with Crippen molar-refractivity contribution in [2.45, 2.75) is 52.1 Å². The van der Waals surface area contributed by atoms with Crippen LogP contribution in [0.15, 0.2) is 9.59 Å². The molecular formula is C13H24N4O3. The predicted molar refractivity (Wildman–Crippen MR) is 80.0 cm³/mol. The van der Waals surface area contributed by atoms with Crippen LogP contribution in [0.3, 0.4) is 0 Å².